The first-order valence-corrected chi connectivity index (χ1v) is 9.41. The van der Waals surface area contributed by atoms with Crippen molar-refractivity contribution < 1.29 is 24.2 Å². The molecule has 1 amide bonds. The van der Waals surface area contributed by atoms with Gasteiger partial charge in [0.1, 0.15) is 6.04 Å². The van der Waals surface area contributed by atoms with E-state index in [2.05, 4.69) is 26.6 Å². The molecule has 0 radical (unpaired) electrons. The normalized spacial score (nSPS) is 11.6. The lowest BCUT2D eigenvalue weighted by atomic mass is 10.2. The Balaban J connectivity index is 2.00. The number of carbonyl (C=O) groups excluding carboxylic acids is 1. The van der Waals surface area contributed by atoms with Crippen LogP contribution in [-0.2, 0) is 16.1 Å². The number of hydrogen-bond donors (Lipinski definition) is 3. The van der Waals surface area contributed by atoms with Crippen LogP contribution in [-0.4, -0.2) is 36.7 Å². The van der Waals surface area contributed by atoms with E-state index < -0.39 is 12.0 Å². The van der Waals surface area contributed by atoms with E-state index in [1.54, 1.807) is 19.1 Å². The Bertz CT molecular complexity index is 839. The number of halogens is 1. The van der Waals surface area contributed by atoms with Crippen LogP contribution in [0.2, 0.25) is 0 Å². The van der Waals surface area contributed by atoms with E-state index in [0.29, 0.717) is 28.2 Å². The quantitative estimate of drug-likeness (QED) is 0.541. The monoisotopic (exact) mass is 450 g/mol. The Morgan fingerprint density at radius 2 is 1.86 bits per heavy atom. The molecule has 3 N–H and O–H groups in total. The molecule has 8 heteroatoms. The predicted molar refractivity (Wildman–Crippen MR) is 110 cm³/mol. The average Bonchev–Trinajstić information content (AvgIpc) is 2.66. The van der Waals surface area contributed by atoms with Crippen LogP contribution in [0, 0.1) is 6.92 Å². The van der Waals surface area contributed by atoms with Gasteiger partial charge in [-0.1, -0.05) is 33.6 Å². The third-order valence-electron chi connectivity index (χ3n) is 4.00. The summed E-state index contributed by atoms with van der Waals surface area (Å²) in [4.78, 5) is 23.0. The van der Waals surface area contributed by atoms with E-state index in [0.717, 1.165) is 11.1 Å². The van der Waals surface area contributed by atoms with Crippen LogP contribution < -0.4 is 20.1 Å². The van der Waals surface area contributed by atoms with E-state index >= 15 is 0 Å². The summed E-state index contributed by atoms with van der Waals surface area (Å²) in [7, 11) is 1.50. The average molecular weight is 451 g/mol. The van der Waals surface area contributed by atoms with Crippen LogP contribution in [0.3, 0.4) is 0 Å². The number of anilines is 1. The minimum Gasteiger partial charge on any atom is -0.493 e. The van der Waals surface area contributed by atoms with Crippen molar-refractivity contribution in [1.82, 2.24) is 5.32 Å². The molecule has 1 atom stereocenters. The predicted octanol–water partition coefficient (Wildman–Crippen LogP) is 3.35. The molecular weight excluding hydrogens is 428 g/mol. The molecule has 7 nitrogen and oxygen atoms in total. The highest BCUT2D eigenvalue weighted by atomic mass is 79.9. The molecule has 2 aromatic rings. The molecule has 0 heterocycles. The molecule has 2 rings (SSSR count). The Hall–Kier alpha value is -2.58. The van der Waals surface area contributed by atoms with E-state index in [4.69, 9.17) is 14.6 Å². The largest absolute Gasteiger partial charge is 0.493 e. The first-order valence-electron chi connectivity index (χ1n) is 8.62. The highest BCUT2D eigenvalue weighted by Gasteiger charge is 2.15. The van der Waals surface area contributed by atoms with Crippen LogP contribution in [0.25, 0.3) is 0 Å². The van der Waals surface area contributed by atoms with Gasteiger partial charge in [-0.25, -0.2) is 0 Å². The molecular formula is C20H23BrN2O5. The summed E-state index contributed by atoms with van der Waals surface area (Å²) in [5.74, 6) is -0.361. The summed E-state index contributed by atoms with van der Waals surface area (Å²) in [6, 6.07) is 10.2. The van der Waals surface area contributed by atoms with Gasteiger partial charge < -0.3 is 25.2 Å². The minimum atomic E-state index is -0.928. The van der Waals surface area contributed by atoms with Gasteiger partial charge in [-0.05, 0) is 43.7 Å². The number of amides is 1. The molecule has 28 heavy (non-hydrogen) atoms. The van der Waals surface area contributed by atoms with Crippen molar-refractivity contribution in [3.63, 3.8) is 0 Å². The van der Waals surface area contributed by atoms with Crippen molar-refractivity contribution in [2.45, 2.75) is 26.4 Å². The zero-order chi connectivity index (χ0) is 20.7. The lowest BCUT2D eigenvalue weighted by Gasteiger charge is -2.15. The summed E-state index contributed by atoms with van der Waals surface area (Å²) in [5.41, 5.74) is 2.61. The van der Waals surface area contributed by atoms with Gasteiger partial charge in [0.05, 0.1) is 7.11 Å². The number of carboxylic acid groups (broad SMARTS) is 1. The van der Waals surface area contributed by atoms with E-state index in [-0.39, 0.29) is 12.5 Å². The van der Waals surface area contributed by atoms with Gasteiger partial charge in [-0.15, -0.1) is 0 Å². The van der Waals surface area contributed by atoms with Crippen LogP contribution in [0.15, 0.2) is 40.9 Å². The molecule has 0 aliphatic rings. The third kappa shape index (κ3) is 6.24. The number of rotatable bonds is 9. The van der Waals surface area contributed by atoms with Crippen LogP contribution >= 0.6 is 15.9 Å². The molecule has 0 bridgehead atoms. The van der Waals surface area contributed by atoms with Crippen molar-refractivity contribution >= 4 is 33.5 Å². The number of nitrogens with one attached hydrogen (secondary N) is 2. The lowest BCUT2D eigenvalue weighted by Crippen LogP contribution is -2.33. The van der Waals surface area contributed by atoms with Crippen molar-refractivity contribution in [3.05, 3.63) is 52.0 Å². The molecule has 1 unspecified atom stereocenters. The second-order valence-corrected chi connectivity index (χ2v) is 7.09. The summed E-state index contributed by atoms with van der Waals surface area (Å²) in [6.07, 6.45) is 0. The minimum absolute atomic E-state index is 0.176. The van der Waals surface area contributed by atoms with Gasteiger partial charge in [-0.2, -0.15) is 0 Å². The van der Waals surface area contributed by atoms with Gasteiger partial charge in [0.2, 0.25) is 0 Å². The molecule has 0 aromatic heterocycles. The lowest BCUT2D eigenvalue weighted by molar-refractivity contribution is -0.139. The number of benzene rings is 2. The van der Waals surface area contributed by atoms with Gasteiger partial charge in [0, 0.05) is 16.7 Å². The fourth-order valence-corrected chi connectivity index (χ4v) is 2.78. The Morgan fingerprint density at radius 1 is 1.18 bits per heavy atom. The summed E-state index contributed by atoms with van der Waals surface area (Å²) < 4.78 is 11.7. The summed E-state index contributed by atoms with van der Waals surface area (Å²) in [6.45, 7) is 3.70. The first-order chi connectivity index (χ1) is 13.3. The smallest absolute Gasteiger partial charge is 0.320 e. The van der Waals surface area contributed by atoms with E-state index in [1.807, 2.05) is 31.2 Å². The Labute approximate surface area is 172 Å². The van der Waals surface area contributed by atoms with Crippen molar-refractivity contribution in [2.24, 2.45) is 0 Å². The molecule has 2 aromatic carbocycles. The maximum atomic E-state index is 12.1. The number of ether oxygens (including phenoxy) is 2. The van der Waals surface area contributed by atoms with Crippen LogP contribution in [0.4, 0.5) is 5.69 Å². The highest BCUT2D eigenvalue weighted by molar-refractivity contribution is 9.10. The topological polar surface area (TPSA) is 96.9 Å². The molecule has 0 fully saturated rings. The molecule has 0 saturated carbocycles. The van der Waals surface area contributed by atoms with Gasteiger partial charge in [0.15, 0.2) is 18.1 Å². The van der Waals surface area contributed by atoms with Crippen LogP contribution in [0.1, 0.15) is 18.1 Å². The molecule has 0 aliphatic carbocycles. The maximum absolute atomic E-state index is 12.1. The number of hydrogen-bond acceptors (Lipinski definition) is 5. The zero-order valence-corrected chi connectivity index (χ0v) is 17.5. The highest BCUT2D eigenvalue weighted by Crippen LogP contribution is 2.33. The van der Waals surface area contributed by atoms with E-state index in [9.17, 15) is 9.59 Å². The fourth-order valence-electron chi connectivity index (χ4n) is 2.31. The fraction of sp³-hybridized carbons (Fsp3) is 0.300. The standard InChI is InChI=1S/C20H23BrN2O5/c1-12-4-6-15(7-5-12)23-19(24)11-28-18-9-16(21)14(8-17(18)27-3)10-22-13(2)20(25)26/h4-9,13,22H,10-11H2,1-3H3,(H,23,24)(H,25,26). The van der Waals surface area contributed by atoms with E-state index in [1.165, 1.54) is 7.11 Å². The number of aryl methyl sites for hydroxylation is 1. The number of carbonyl (C=O) groups is 2. The molecule has 150 valence electrons. The second kappa shape index (κ2) is 10.1. The number of aliphatic carboxylic acids is 1. The third-order valence-corrected chi connectivity index (χ3v) is 4.73. The van der Waals surface area contributed by atoms with Gasteiger partial charge in [-0.3, -0.25) is 9.59 Å². The number of methoxy groups -OCH3 is 1. The molecule has 0 saturated heterocycles. The van der Waals surface area contributed by atoms with Crippen LogP contribution in [0.5, 0.6) is 11.5 Å². The van der Waals surface area contributed by atoms with Gasteiger partial charge in [0.25, 0.3) is 5.91 Å². The molecule has 0 spiro atoms. The van der Waals surface area contributed by atoms with Crippen molar-refractivity contribution in [1.29, 1.82) is 0 Å². The maximum Gasteiger partial charge on any atom is 0.320 e. The zero-order valence-electron chi connectivity index (χ0n) is 15.9. The Morgan fingerprint density at radius 3 is 2.46 bits per heavy atom. The molecule has 0 aliphatic heterocycles. The van der Waals surface area contributed by atoms with Crippen molar-refractivity contribution in [3.8, 4) is 11.5 Å². The Kier molecular flexibility index (Phi) is 7.83. The second-order valence-electron chi connectivity index (χ2n) is 6.24. The summed E-state index contributed by atoms with van der Waals surface area (Å²) >= 11 is 3.44. The first kappa shape index (κ1) is 21.7. The van der Waals surface area contributed by atoms with Crippen molar-refractivity contribution in [2.75, 3.05) is 19.0 Å². The number of carboxylic acids is 1. The SMILES string of the molecule is COc1cc(CNC(C)C(=O)O)c(Br)cc1OCC(=O)Nc1ccc(C)cc1. The van der Waals surface area contributed by atoms with Gasteiger partial charge >= 0.3 is 5.97 Å². The summed E-state index contributed by atoms with van der Waals surface area (Å²) in [5, 5.41) is 14.6.